The summed E-state index contributed by atoms with van der Waals surface area (Å²) in [5.41, 5.74) is 0.237. The highest BCUT2D eigenvalue weighted by Gasteiger charge is 2.21. The Morgan fingerprint density at radius 1 is 1.61 bits per heavy atom. The number of carboxylic acids is 1. The average molecular weight is 253 g/mol. The summed E-state index contributed by atoms with van der Waals surface area (Å²) in [6.07, 6.45) is 4.00. The zero-order valence-corrected chi connectivity index (χ0v) is 10.6. The lowest BCUT2D eigenvalue weighted by atomic mass is 10.2. The summed E-state index contributed by atoms with van der Waals surface area (Å²) in [4.78, 5) is 12.9. The maximum absolute atomic E-state index is 10.9. The Bertz CT molecular complexity index is 397. The Balaban J connectivity index is 1.70. The summed E-state index contributed by atoms with van der Waals surface area (Å²) in [6.45, 7) is 2.79. The first-order valence-electron chi connectivity index (χ1n) is 6.22. The number of nitrogens with zero attached hydrogens (tertiary/aromatic N) is 1. The Morgan fingerprint density at radius 3 is 3.06 bits per heavy atom. The molecule has 5 heteroatoms. The molecule has 1 aliphatic rings. The molecular weight excluding hydrogens is 234 g/mol. The predicted octanol–water partition coefficient (Wildman–Crippen LogP) is 1.84. The van der Waals surface area contributed by atoms with Crippen molar-refractivity contribution in [1.29, 1.82) is 0 Å². The molecule has 2 rings (SSSR count). The van der Waals surface area contributed by atoms with E-state index in [9.17, 15) is 4.79 Å². The van der Waals surface area contributed by atoms with Crippen LogP contribution < -0.4 is 0 Å². The van der Waals surface area contributed by atoms with E-state index in [0.29, 0.717) is 18.9 Å². The predicted molar refractivity (Wildman–Crippen MR) is 65.5 cm³/mol. The van der Waals surface area contributed by atoms with Crippen molar-refractivity contribution in [1.82, 2.24) is 4.90 Å². The number of hydrogen-bond acceptors (Lipinski definition) is 4. The summed E-state index contributed by atoms with van der Waals surface area (Å²) in [5, 5.41) is 8.95. The van der Waals surface area contributed by atoms with Crippen molar-refractivity contribution in [2.24, 2.45) is 5.92 Å². The normalized spacial score (nSPS) is 15.2. The number of rotatable bonds is 8. The van der Waals surface area contributed by atoms with Crippen LogP contribution in [-0.2, 0) is 11.3 Å². The van der Waals surface area contributed by atoms with E-state index in [2.05, 4.69) is 0 Å². The van der Waals surface area contributed by atoms with Crippen LogP contribution in [0.2, 0.25) is 0 Å². The minimum Gasteiger partial charge on any atom is -0.478 e. The fourth-order valence-corrected chi connectivity index (χ4v) is 1.73. The molecule has 0 amide bonds. The molecule has 0 aliphatic heterocycles. The molecule has 0 atom stereocenters. The van der Waals surface area contributed by atoms with Crippen LogP contribution in [0.25, 0.3) is 0 Å². The van der Waals surface area contributed by atoms with Gasteiger partial charge in [0.2, 0.25) is 0 Å². The van der Waals surface area contributed by atoms with E-state index in [1.54, 1.807) is 0 Å². The fraction of sp³-hybridized carbons (Fsp3) is 0.615. The van der Waals surface area contributed by atoms with Gasteiger partial charge in [-0.05, 0) is 31.9 Å². The number of carboxylic acid groups (broad SMARTS) is 1. The average Bonchev–Trinajstić information content (AvgIpc) is 3.03. The van der Waals surface area contributed by atoms with E-state index in [0.717, 1.165) is 19.1 Å². The third-order valence-electron chi connectivity index (χ3n) is 3.06. The second kappa shape index (κ2) is 6.02. The highest BCUT2D eigenvalue weighted by molar-refractivity contribution is 5.88. The molecule has 1 heterocycles. The van der Waals surface area contributed by atoms with Gasteiger partial charge >= 0.3 is 5.97 Å². The van der Waals surface area contributed by atoms with Gasteiger partial charge in [-0.1, -0.05) is 0 Å². The van der Waals surface area contributed by atoms with Crippen molar-refractivity contribution < 1.29 is 19.1 Å². The van der Waals surface area contributed by atoms with Gasteiger partial charge in [0.15, 0.2) is 0 Å². The van der Waals surface area contributed by atoms with Crippen LogP contribution in [0.4, 0.5) is 0 Å². The Hall–Kier alpha value is -1.33. The quantitative estimate of drug-likeness (QED) is 0.716. The van der Waals surface area contributed by atoms with Gasteiger partial charge in [0, 0.05) is 13.2 Å². The Kier molecular flexibility index (Phi) is 4.38. The third kappa shape index (κ3) is 3.85. The van der Waals surface area contributed by atoms with Gasteiger partial charge < -0.3 is 14.3 Å². The number of likely N-dealkylation sites (N-methyl/N-ethyl adjacent to an activating group) is 1. The maximum atomic E-state index is 10.9. The van der Waals surface area contributed by atoms with E-state index in [-0.39, 0.29) is 5.56 Å². The van der Waals surface area contributed by atoms with E-state index in [1.807, 2.05) is 11.9 Å². The summed E-state index contributed by atoms with van der Waals surface area (Å²) >= 11 is 0. The standard InChI is InChI=1S/C13H19NO4/c1-14(5-7-17-9-10-2-3-10)8-12-11(13(15)16)4-6-18-12/h4,6,10H,2-3,5,7-9H2,1H3,(H,15,16). The van der Waals surface area contributed by atoms with Crippen molar-refractivity contribution in [3.8, 4) is 0 Å². The zero-order chi connectivity index (χ0) is 13.0. The lowest BCUT2D eigenvalue weighted by molar-refractivity contribution is 0.0691. The second-order valence-electron chi connectivity index (χ2n) is 4.82. The molecule has 1 saturated carbocycles. The molecule has 1 aromatic heterocycles. The smallest absolute Gasteiger partial charge is 0.339 e. The maximum Gasteiger partial charge on any atom is 0.339 e. The molecule has 100 valence electrons. The summed E-state index contributed by atoms with van der Waals surface area (Å²) in [5.74, 6) is 0.323. The van der Waals surface area contributed by atoms with Crippen molar-refractivity contribution in [2.45, 2.75) is 19.4 Å². The van der Waals surface area contributed by atoms with Crippen LogP contribution in [0.1, 0.15) is 29.0 Å². The van der Waals surface area contributed by atoms with Crippen LogP contribution in [0.3, 0.4) is 0 Å². The van der Waals surface area contributed by atoms with Gasteiger partial charge in [0.05, 0.1) is 19.4 Å². The van der Waals surface area contributed by atoms with Crippen molar-refractivity contribution >= 4 is 5.97 Å². The zero-order valence-electron chi connectivity index (χ0n) is 10.6. The van der Waals surface area contributed by atoms with E-state index in [1.165, 1.54) is 25.2 Å². The van der Waals surface area contributed by atoms with Crippen LogP contribution in [0.15, 0.2) is 16.7 Å². The fourth-order valence-electron chi connectivity index (χ4n) is 1.73. The Morgan fingerprint density at radius 2 is 2.39 bits per heavy atom. The van der Waals surface area contributed by atoms with Gasteiger partial charge in [-0.15, -0.1) is 0 Å². The van der Waals surface area contributed by atoms with Gasteiger partial charge in [0.1, 0.15) is 11.3 Å². The number of hydrogen-bond donors (Lipinski definition) is 1. The first kappa shape index (κ1) is 13.1. The molecule has 1 aromatic rings. The number of ether oxygens (including phenoxy) is 1. The lowest BCUT2D eigenvalue weighted by Crippen LogP contribution is -2.23. The molecule has 5 nitrogen and oxygen atoms in total. The first-order valence-corrected chi connectivity index (χ1v) is 6.22. The molecule has 0 unspecified atom stereocenters. The molecule has 0 aromatic carbocycles. The topological polar surface area (TPSA) is 62.9 Å². The van der Waals surface area contributed by atoms with Crippen molar-refractivity contribution in [3.63, 3.8) is 0 Å². The molecule has 0 bridgehead atoms. The van der Waals surface area contributed by atoms with Crippen molar-refractivity contribution in [3.05, 3.63) is 23.7 Å². The SMILES string of the molecule is CN(CCOCC1CC1)Cc1occc1C(=O)O. The van der Waals surface area contributed by atoms with Gasteiger partial charge in [-0.25, -0.2) is 4.79 Å². The van der Waals surface area contributed by atoms with Crippen LogP contribution in [0.5, 0.6) is 0 Å². The van der Waals surface area contributed by atoms with Gasteiger partial charge in [-0.3, -0.25) is 4.90 Å². The minimum absolute atomic E-state index is 0.237. The van der Waals surface area contributed by atoms with Crippen LogP contribution >= 0.6 is 0 Å². The Labute approximate surface area is 106 Å². The molecule has 0 radical (unpaired) electrons. The summed E-state index contributed by atoms with van der Waals surface area (Å²) < 4.78 is 10.7. The van der Waals surface area contributed by atoms with Crippen LogP contribution in [-0.4, -0.2) is 42.8 Å². The highest BCUT2D eigenvalue weighted by atomic mass is 16.5. The van der Waals surface area contributed by atoms with Gasteiger partial charge in [0.25, 0.3) is 0 Å². The first-order chi connectivity index (χ1) is 8.66. The molecule has 1 N–H and O–H groups in total. The van der Waals surface area contributed by atoms with E-state index in [4.69, 9.17) is 14.3 Å². The van der Waals surface area contributed by atoms with E-state index < -0.39 is 5.97 Å². The molecule has 1 fully saturated rings. The minimum atomic E-state index is -0.947. The third-order valence-corrected chi connectivity index (χ3v) is 3.06. The molecule has 0 spiro atoms. The molecule has 1 aliphatic carbocycles. The van der Waals surface area contributed by atoms with Crippen LogP contribution in [0, 0.1) is 5.92 Å². The monoisotopic (exact) mass is 253 g/mol. The number of aromatic carboxylic acids is 1. The number of furan rings is 1. The summed E-state index contributed by atoms with van der Waals surface area (Å²) in [7, 11) is 1.93. The van der Waals surface area contributed by atoms with Crippen molar-refractivity contribution in [2.75, 3.05) is 26.8 Å². The molecule has 0 saturated heterocycles. The lowest BCUT2D eigenvalue weighted by Gasteiger charge is -2.15. The second-order valence-corrected chi connectivity index (χ2v) is 4.82. The molecule has 18 heavy (non-hydrogen) atoms. The molecular formula is C13H19NO4. The summed E-state index contributed by atoms with van der Waals surface area (Å²) in [6, 6.07) is 1.48. The largest absolute Gasteiger partial charge is 0.478 e. The number of carbonyl (C=O) groups is 1. The van der Waals surface area contributed by atoms with E-state index >= 15 is 0 Å². The highest BCUT2D eigenvalue weighted by Crippen LogP contribution is 2.28. The van der Waals surface area contributed by atoms with Gasteiger partial charge in [-0.2, -0.15) is 0 Å².